The van der Waals surface area contributed by atoms with E-state index in [9.17, 15) is 0 Å². The van der Waals surface area contributed by atoms with Crippen molar-refractivity contribution in [2.45, 2.75) is 19.6 Å². The van der Waals surface area contributed by atoms with Crippen molar-refractivity contribution in [1.82, 2.24) is 0 Å². The minimum Gasteiger partial charge on any atom is -0.707 e. The molecule has 0 amide bonds. The summed E-state index contributed by atoms with van der Waals surface area (Å²) in [6.45, 7) is 5.97. The largest absolute Gasteiger partial charge is 0.707 e. The lowest BCUT2D eigenvalue weighted by atomic mass is 10.9. The Balaban J connectivity index is 4.57. The van der Waals surface area contributed by atoms with Crippen molar-refractivity contribution in [2.24, 2.45) is 5.11 Å². The summed E-state index contributed by atoms with van der Waals surface area (Å²) in [5, 5.41) is 11.7. The van der Waals surface area contributed by atoms with Gasteiger partial charge in [-0.25, -0.2) is 0 Å². The van der Waals surface area contributed by atoms with E-state index in [1.54, 1.807) is 0 Å². The Morgan fingerprint density at radius 3 is 2.20 bits per heavy atom. The van der Waals surface area contributed by atoms with Crippen LogP contribution in [0.2, 0.25) is 19.6 Å². The van der Waals surface area contributed by atoms with Crippen LogP contribution in [0.4, 0.5) is 0 Å². The van der Waals surface area contributed by atoms with Crippen LogP contribution in [-0.4, -0.2) is 8.07 Å². The van der Waals surface area contributed by atoms with Gasteiger partial charge in [-0.15, -0.1) is 0 Å². The van der Waals surface area contributed by atoms with Gasteiger partial charge < -0.3 is 10.6 Å². The van der Waals surface area contributed by atoms with E-state index in [-0.39, 0.29) is 0 Å². The minimum atomic E-state index is -1.62. The maximum Gasteiger partial charge on any atom is 0.342 e. The Morgan fingerprint density at radius 2 is 2.10 bits per heavy atom. The maximum absolute atomic E-state index is 8.41. The number of diazo groups is 1. The first-order valence-corrected chi connectivity index (χ1v) is 6.42. The second kappa shape index (κ2) is 3.22. The second-order valence-corrected chi connectivity index (χ2v) is 7.99. The van der Waals surface area contributed by atoms with E-state index >= 15 is 0 Å². The fourth-order valence-electron chi connectivity index (χ4n) is 0.424. The summed E-state index contributed by atoms with van der Waals surface area (Å²) in [4.78, 5) is 3.02. The van der Waals surface area contributed by atoms with Crippen LogP contribution in [0, 0.1) is 5.39 Å². The second-order valence-electron chi connectivity index (χ2n) is 2.98. The zero-order valence-corrected chi connectivity index (χ0v) is 7.37. The van der Waals surface area contributed by atoms with Crippen molar-refractivity contribution in [3.8, 4) is 0 Å². The molecule has 0 spiro atoms. The molecule has 5 heteroatoms. The molecule has 0 aliphatic heterocycles. The molecule has 0 radical (unpaired) electrons. The van der Waals surface area contributed by atoms with Gasteiger partial charge in [0.05, 0.1) is 6.20 Å². The van der Waals surface area contributed by atoms with Crippen molar-refractivity contribution in [2.75, 3.05) is 0 Å². The van der Waals surface area contributed by atoms with E-state index in [4.69, 9.17) is 10.9 Å². The molecular weight excluding hydrogens is 144 g/mol. The first kappa shape index (κ1) is 8.98. The topological polar surface area (TPSA) is 62.8 Å². The average Bonchev–Trinajstić information content (AvgIpc) is 1.80. The Hall–Kier alpha value is -1.02. The molecule has 0 aliphatic carbocycles. The molecule has 0 N–H and O–H groups in total. The molecule has 0 bridgehead atoms. The molecule has 0 atom stereocenters. The Morgan fingerprint density at radius 1 is 1.60 bits per heavy atom. The normalized spacial score (nSPS) is 12.4. The van der Waals surface area contributed by atoms with Gasteiger partial charge in [-0.05, 0) is 0 Å². The summed E-state index contributed by atoms with van der Waals surface area (Å²) in [6, 6.07) is 0. The summed E-state index contributed by atoms with van der Waals surface area (Å²) in [6.07, 6.45) is 1.17. The molecule has 0 rings (SSSR count). The minimum absolute atomic E-state index is 0.481. The average molecular weight is 154 g/mol. The third-order valence-electron chi connectivity index (χ3n) is 1.06. The third-order valence-corrected chi connectivity index (χ3v) is 2.82. The van der Waals surface area contributed by atoms with E-state index in [1.165, 1.54) is 6.20 Å². The standard InChI is InChI=1S/C5H10N4Si/c1-10(2,3)5(9-7)4-8-6/h4H,1-3H3. The van der Waals surface area contributed by atoms with Gasteiger partial charge in [0.15, 0.2) is 13.0 Å². The number of hydrogen-bond donors (Lipinski definition) is 0. The highest BCUT2D eigenvalue weighted by Crippen LogP contribution is 2.15. The Bertz CT molecular complexity index is 195. The fourth-order valence-corrected chi connectivity index (χ4v) is 1.17. The van der Waals surface area contributed by atoms with Crippen LogP contribution in [0.5, 0.6) is 0 Å². The van der Waals surface area contributed by atoms with Crippen molar-refractivity contribution in [1.29, 1.82) is 5.39 Å². The predicted molar refractivity (Wildman–Crippen MR) is 42.3 cm³/mol. The molecule has 0 saturated heterocycles. The monoisotopic (exact) mass is 154 g/mol. The van der Waals surface area contributed by atoms with Gasteiger partial charge in [0.1, 0.15) is 0 Å². The van der Waals surface area contributed by atoms with Gasteiger partial charge >= 0.3 is 5.32 Å². The van der Waals surface area contributed by atoms with Crippen molar-refractivity contribution < 1.29 is 0 Å². The molecule has 4 nitrogen and oxygen atoms in total. The quantitative estimate of drug-likeness (QED) is 0.342. The van der Waals surface area contributed by atoms with Crippen LogP contribution in [0.15, 0.2) is 16.6 Å². The Labute approximate surface area is 61.1 Å². The summed E-state index contributed by atoms with van der Waals surface area (Å²) >= 11 is 0. The van der Waals surface area contributed by atoms with Gasteiger partial charge in [-0.1, -0.05) is 19.6 Å². The maximum atomic E-state index is 8.41. The zero-order valence-electron chi connectivity index (χ0n) is 6.37. The molecule has 0 aliphatic rings. The number of nitrogens with zero attached hydrogens (tertiary/aromatic N) is 4. The highest BCUT2D eigenvalue weighted by atomic mass is 28.3. The van der Waals surface area contributed by atoms with Gasteiger partial charge in [-0.2, -0.15) is 0 Å². The number of rotatable bonds is 2. The van der Waals surface area contributed by atoms with E-state index in [0.717, 1.165) is 0 Å². The predicted octanol–water partition coefficient (Wildman–Crippen LogP) is 2.58. The molecule has 0 aromatic heterocycles. The summed E-state index contributed by atoms with van der Waals surface area (Å²) < 4.78 is 0. The first-order valence-electron chi connectivity index (χ1n) is 2.92. The molecule has 0 aromatic carbocycles. The smallest absolute Gasteiger partial charge is 0.342 e. The van der Waals surface area contributed by atoms with Crippen LogP contribution in [0.25, 0.3) is 10.5 Å². The molecule has 0 saturated carbocycles. The molecule has 10 heavy (non-hydrogen) atoms. The van der Waals surface area contributed by atoms with Crippen LogP contribution in [0.3, 0.4) is 0 Å². The highest BCUT2D eigenvalue weighted by Gasteiger charge is 2.31. The van der Waals surface area contributed by atoms with Crippen molar-refractivity contribution >= 4 is 8.07 Å². The molecule has 0 heterocycles. The third kappa shape index (κ3) is 2.50. The van der Waals surface area contributed by atoms with Crippen molar-refractivity contribution in [3.05, 3.63) is 22.0 Å². The molecular formula is C5H10N4Si. The molecule has 0 fully saturated rings. The lowest BCUT2D eigenvalue weighted by molar-refractivity contribution is 1.39. The van der Waals surface area contributed by atoms with Crippen LogP contribution < -0.4 is 0 Å². The molecule has 0 unspecified atom stereocenters. The SMILES string of the molecule is C[Si](C)(C)C(=CN=[N-])[N+]#N. The Kier molecular flexibility index (Phi) is 2.89. The molecule has 54 valence electrons. The van der Waals surface area contributed by atoms with Gasteiger partial charge in [-0.3, -0.25) is 0 Å². The lowest BCUT2D eigenvalue weighted by Gasteiger charge is -2.01. The van der Waals surface area contributed by atoms with Gasteiger partial charge in [0.25, 0.3) is 0 Å². The lowest BCUT2D eigenvalue weighted by Crippen LogP contribution is -2.21. The van der Waals surface area contributed by atoms with Crippen LogP contribution in [-0.2, 0) is 0 Å². The van der Waals surface area contributed by atoms with Crippen molar-refractivity contribution in [3.63, 3.8) is 0 Å². The number of hydrogen-bond acceptors (Lipinski definition) is 2. The van der Waals surface area contributed by atoms with Crippen LogP contribution >= 0.6 is 0 Å². The van der Waals surface area contributed by atoms with E-state index < -0.39 is 8.07 Å². The van der Waals surface area contributed by atoms with E-state index in [1.807, 2.05) is 19.6 Å². The summed E-state index contributed by atoms with van der Waals surface area (Å²) in [7, 11) is -1.62. The van der Waals surface area contributed by atoms with Gasteiger partial charge in [0.2, 0.25) is 5.39 Å². The highest BCUT2D eigenvalue weighted by molar-refractivity contribution is 6.83. The summed E-state index contributed by atoms with van der Waals surface area (Å²) in [5.41, 5.74) is 8.13. The first-order chi connectivity index (χ1) is 4.52. The summed E-state index contributed by atoms with van der Waals surface area (Å²) in [5.74, 6) is 0. The van der Waals surface area contributed by atoms with E-state index in [0.29, 0.717) is 5.32 Å². The fraction of sp³-hybridized carbons (Fsp3) is 0.600. The van der Waals surface area contributed by atoms with E-state index in [2.05, 4.69) is 10.1 Å². The zero-order chi connectivity index (χ0) is 8.20. The van der Waals surface area contributed by atoms with Gasteiger partial charge in [0, 0.05) is 0 Å². The molecule has 0 aromatic rings. The van der Waals surface area contributed by atoms with Crippen LogP contribution in [0.1, 0.15) is 0 Å².